The summed E-state index contributed by atoms with van der Waals surface area (Å²) in [7, 11) is 1.90. The van der Waals surface area contributed by atoms with Gasteiger partial charge < -0.3 is 9.88 Å². The summed E-state index contributed by atoms with van der Waals surface area (Å²) in [5.41, 5.74) is 2.84. The van der Waals surface area contributed by atoms with Gasteiger partial charge in [-0.1, -0.05) is 0 Å². The molecule has 1 amide bonds. The van der Waals surface area contributed by atoms with Crippen molar-refractivity contribution < 1.29 is 4.79 Å². The summed E-state index contributed by atoms with van der Waals surface area (Å²) >= 11 is 3.44. The summed E-state index contributed by atoms with van der Waals surface area (Å²) in [6, 6.07) is 2.37. The number of rotatable bonds is 4. The van der Waals surface area contributed by atoms with Crippen LogP contribution in [0.2, 0.25) is 0 Å². The molecule has 5 nitrogen and oxygen atoms in total. The van der Waals surface area contributed by atoms with Gasteiger partial charge in [-0.15, -0.1) is 0 Å². The molecule has 106 valence electrons. The molecule has 20 heavy (non-hydrogen) atoms. The number of amides is 1. The van der Waals surface area contributed by atoms with Crippen LogP contribution in [0.5, 0.6) is 0 Å². The maximum atomic E-state index is 12.3. The number of hydrogen-bond acceptors (Lipinski definition) is 2. The number of aromatic nitrogens is 3. The third-order valence-corrected chi connectivity index (χ3v) is 4.20. The van der Waals surface area contributed by atoms with Crippen molar-refractivity contribution in [2.24, 2.45) is 7.05 Å². The smallest absolute Gasteiger partial charge is 0.268 e. The van der Waals surface area contributed by atoms with Gasteiger partial charge in [0.25, 0.3) is 5.91 Å². The Kier molecular flexibility index (Phi) is 3.41. The average molecular weight is 337 g/mol. The molecule has 0 unspecified atom stereocenters. The molecule has 0 aromatic carbocycles. The molecule has 0 atom stereocenters. The molecular formula is C14H17BrN4O. The fourth-order valence-corrected chi connectivity index (χ4v) is 2.70. The summed E-state index contributed by atoms with van der Waals surface area (Å²) in [6.07, 6.45) is 6.10. The van der Waals surface area contributed by atoms with Crippen molar-refractivity contribution in [3.8, 4) is 0 Å². The second kappa shape index (κ2) is 5.09. The molecule has 0 aliphatic heterocycles. The number of hydrogen-bond donors (Lipinski definition) is 1. The minimum Gasteiger partial charge on any atom is -0.347 e. The molecular weight excluding hydrogens is 320 g/mol. The van der Waals surface area contributed by atoms with Crippen molar-refractivity contribution in [1.29, 1.82) is 0 Å². The Bertz CT molecular complexity index is 654. The molecule has 0 spiro atoms. The third kappa shape index (κ3) is 2.52. The normalized spacial score (nSPS) is 14.6. The molecule has 1 saturated carbocycles. The van der Waals surface area contributed by atoms with E-state index < -0.39 is 0 Å². The highest BCUT2D eigenvalue weighted by molar-refractivity contribution is 9.10. The average Bonchev–Trinajstić information content (AvgIpc) is 3.13. The minimum atomic E-state index is -0.0362. The van der Waals surface area contributed by atoms with Gasteiger partial charge in [-0.3, -0.25) is 9.48 Å². The van der Waals surface area contributed by atoms with Gasteiger partial charge in [0.2, 0.25) is 0 Å². The van der Waals surface area contributed by atoms with Gasteiger partial charge in [0.15, 0.2) is 0 Å². The van der Waals surface area contributed by atoms with Crippen molar-refractivity contribution in [1.82, 2.24) is 19.7 Å². The first kappa shape index (κ1) is 13.4. The first-order valence-corrected chi connectivity index (χ1v) is 7.48. The molecule has 0 saturated heterocycles. The van der Waals surface area contributed by atoms with Gasteiger partial charge in [-0.05, 0) is 41.8 Å². The Morgan fingerprint density at radius 2 is 2.30 bits per heavy atom. The SMILES string of the molecule is Cc1c(CNC(=O)c2cc(Br)cn2C2CC2)cnn1C. The lowest BCUT2D eigenvalue weighted by Gasteiger charge is -2.08. The third-order valence-electron chi connectivity index (χ3n) is 3.76. The van der Waals surface area contributed by atoms with E-state index in [-0.39, 0.29) is 5.91 Å². The Labute approximate surface area is 126 Å². The van der Waals surface area contributed by atoms with Gasteiger partial charge in [-0.2, -0.15) is 5.10 Å². The Morgan fingerprint density at radius 1 is 1.55 bits per heavy atom. The summed E-state index contributed by atoms with van der Waals surface area (Å²) in [5.74, 6) is -0.0362. The van der Waals surface area contributed by atoms with Gasteiger partial charge in [0, 0.05) is 41.6 Å². The Morgan fingerprint density at radius 3 is 2.90 bits per heavy atom. The van der Waals surface area contributed by atoms with E-state index in [0.29, 0.717) is 12.6 Å². The lowest BCUT2D eigenvalue weighted by molar-refractivity contribution is 0.0941. The highest BCUT2D eigenvalue weighted by Crippen LogP contribution is 2.37. The first-order valence-electron chi connectivity index (χ1n) is 6.69. The van der Waals surface area contributed by atoms with Crippen LogP contribution < -0.4 is 5.32 Å². The topological polar surface area (TPSA) is 51.9 Å². The maximum Gasteiger partial charge on any atom is 0.268 e. The molecule has 2 aromatic heterocycles. The molecule has 2 aromatic rings. The monoisotopic (exact) mass is 336 g/mol. The molecule has 6 heteroatoms. The van der Waals surface area contributed by atoms with Crippen LogP contribution in [0, 0.1) is 6.92 Å². The molecule has 2 heterocycles. The minimum absolute atomic E-state index is 0.0362. The van der Waals surface area contributed by atoms with Crippen LogP contribution in [0.15, 0.2) is 22.9 Å². The standard InChI is InChI=1S/C14H17BrN4O/c1-9-10(7-17-18(9)2)6-16-14(20)13-5-11(15)8-19(13)12-3-4-12/h5,7-8,12H,3-4,6H2,1-2H3,(H,16,20). The Hall–Kier alpha value is -1.56. The number of nitrogens with zero attached hydrogens (tertiary/aromatic N) is 3. The van der Waals surface area contributed by atoms with Crippen LogP contribution in [0.3, 0.4) is 0 Å². The van der Waals surface area contributed by atoms with Crippen LogP contribution in [0.25, 0.3) is 0 Å². The first-order chi connectivity index (χ1) is 9.56. The highest BCUT2D eigenvalue weighted by atomic mass is 79.9. The van der Waals surface area contributed by atoms with Crippen LogP contribution in [-0.4, -0.2) is 20.3 Å². The van der Waals surface area contributed by atoms with Crippen molar-refractivity contribution in [2.45, 2.75) is 32.4 Å². The molecule has 0 bridgehead atoms. The Balaban J connectivity index is 1.72. The fourth-order valence-electron chi connectivity index (χ4n) is 2.27. The largest absolute Gasteiger partial charge is 0.347 e. The van der Waals surface area contributed by atoms with E-state index in [1.807, 2.05) is 30.9 Å². The number of aryl methyl sites for hydroxylation is 1. The molecule has 1 N–H and O–H groups in total. The number of nitrogens with one attached hydrogen (secondary N) is 1. The molecule has 1 fully saturated rings. The summed E-state index contributed by atoms with van der Waals surface area (Å²) in [4.78, 5) is 12.3. The zero-order valence-electron chi connectivity index (χ0n) is 11.6. The van der Waals surface area contributed by atoms with E-state index in [9.17, 15) is 4.79 Å². The van der Waals surface area contributed by atoms with E-state index in [1.165, 1.54) is 0 Å². The van der Waals surface area contributed by atoms with Crippen LogP contribution >= 0.6 is 15.9 Å². The zero-order chi connectivity index (χ0) is 14.3. The molecule has 0 radical (unpaired) electrons. The van der Waals surface area contributed by atoms with Gasteiger partial charge in [0.05, 0.1) is 6.20 Å². The summed E-state index contributed by atoms with van der Waals surface area (Å²) < 4.78 is 4.83. The van der Waals surface area contributed by atoms with Crippen molar-refractivity contribution in [2.75, 3.05) is 0 Å². The second-order valence-corrected chi connectivity index (χ2v) is 6.16. The number of carbonyl (C=O) groups is 1. The van der Waals surface area contributed by atoms with E-state index in [0.717, 1.165) is 34.3 Å². The molecule has 3 rings (SSSR count). The quantitative estimate of drug-likeness (QED) is 0.932. The second-order valence-electron chi connectivity index (χ2n) is 5.24. The van der Waals surface area contributed by atoms with Gasteiger partial charge in [-0.25, -0.2) is 0 Å². The zero-order valence-corrected chi connectivity index (χ0v) is 13.1. The molecule has 1 aliphatic carbocycles. The lowest BCUT2D eigenvalue weighted by Crippen LogP contribution is -2.25. The molecule has 1 aliphatic rings. The van der Waals surface area contributed by atoms with Crippen LogP contribution in [0.4, 0.5) is 0 Å². The van der Waals surface area contributed by atoms with E-state index >= 15 is 0 Å². The van der Waals surface area contributed by atoms with Crippen molar-refractivity contribution in [3.63, 3.8) is 0 Å². The van der Waals surface area contributed by atoms with E-state index in [1.54, 1.807) is 6.20 Å². The van der Waals surface area contributed by atoms with Crippen LogP contribution in [-0.2, 0) is 13.6 Å². The van der Waals surface area contributed by atoms with Gasteiger partial charge >= 0.3 is 0 Å². The predicted molar refractivity (Wildman–Crippen MR) is 79.5 cm³/mol. The maximum absolute atomic E-state index is 12.3. The lowest BCUT2D eigenvalue weighted by atomic mass is 10.2. The fraction of sp³-hybridized carbons (Fsp3) is 0.429. The number of halogens is 1. The van der Waals surface area contributed by atoms with E-state index in [4.69, 9.17) is 0 Å². The van der Waals surface area contributed by atoms with E-state index in [2.05, 4.69) is 30.9 Å². The number of carbonyl (C=O) groups excluding carboxylic acids is 1. The summed E-state index contributed by atoms with van der Waals surface area (Å²) in [6.45, 7) is 2.50. The van der Waals surface area contributed by atoms with Crippen molar-refractivity contribution >= 4 is 21.8 Å². The van der Waals surface area contributed by atoms with Crippen molar-refractivity contribution in [3.05, 3.63) is 39.9 Å². The van der Waals surface area contributed by atoms with Crippen LogP contribution in [0.1, 0.15) is 40.6 Å². The highest BCUT2D eigenvalue weighted by Gasteiger charge is 2.27. The van der Waals surface area contributed by atoms with Gasteiger partial charge in [0.1, 0.15) is 5.69 Å². The predicted octanol–water partition coefficient (Wildman–Crippen LogP) is 2.56. The summed E-state index contributed by atoms with van der Waals surface area (Å²) in [5, 5.41) is 7.15.